The number of carbonyl (C=O) groups excluding carboxylic acids is 1. The van der Waals surface area contributed by atoms with Crippen molar-refractivity contribution < 1.29 is 28.4 Å². The van der Waals surface area contributed by atoms with Crippen molar-refractivity contribution in [1.29, 1.82) is 0 Å². The number of aryl methyl sites for hydroxylation is 1. The van der Waals surface area contributed by atoms with Crippen molar-refractivity contribution in [3.8, 4) is 5.75 Å². The second-order valence-electron chi connectivity index (χ2n) is 4.73. The lowest BCUT2D eigenvalue weighted by Crippen LogP contribution is -2.01. The largest absolute Gasteiger partial charge is 0.524 e. The molecule has 1 rings (SSSR count). The summed E-state index contributed by atoms with van der Waals surface area (Å²) in [6.07, 6.45) is 5.28. The lowest BCUT2D eigenvalue weighted by atomic mass is 10.1. The minimum atomic E-state index is -4.54. The molecule has 0 fully saturated rings. The molecule has 0 heterocycles. The van der Waals surface area contributed by atoms with E-state index in [0.717, 1.165) is 37.3 Å². The number of benzene rings is 1. The zero-order valence-electron chi connectivity index (χ0n) is 12.3. The Morgan fingerprint density at radius 2 is 1.86 bits per heavy atom. The predicted octanol–water partition coefficient (Wildman–Crippen LogP) is 2.99. The van der Waals surface area contributed by atoms with Crippen LogP contribution in [0.2, 0.25) is 0 Å². The second-order valence-corrected chi connectivity index (χ2v) is 5.89. The van der Waals surface area contributed by atoms with Gasteiger partial charge in [0.25, 0.3) is 0 Å². The van der Waals surface area contributed by atoms with Gasteiger partial charge in [-0.15, -0.1) is 0 Å². The molecule has 0 amide bonds. The summed E-state index contributed by atoms with van der Waals surface area (Å²) in [4.78, 5) is 28.6. The normalized spacial score (nSPS) is 11.0. The van der Waals surface area contributed by atoms with Crippen LogP contribution in [0.4, 0.5) is 0 Å². The highest BCUT2D eigenvalue weighted by atomic mass is 31.2. The van der Waals surface area contributed by atoms with Crippen molar-refractivity contribution in [2.75, 3.05) is 6.61 Å². The van der Waals surface area contributed by atoms with E-state index in [2.05, 4.69) is 11.1 Å². The third-order valence-electron chi connectivity index (χ3n) is 2.94. The summed E-state index contributed by atoms with van der Waals surface area (Å²) >= 11 is 0. The zero-order valence-corrected chi connectivity index (χ0v) is 13.2. The highest BCUT2D eigenvalue weighted by Crippen LogP contribution is 2.39. The van der Waals surface area contributed by atoms with Crippen molar-refractivity contribution in [3.63, 3.8) is 0 Å². The minimum absolute atomic E-state index is 0.218. The number of hydrogen-bond acceptors (Lipinski definition) is 4. The average Bonchev–Trinajstić information content (AvgIpc) is 2.46. The maximum atomic E-state index is 10.9. The molecule has 6 nitrogen and oxygen atoms in total. The fourth-order valence-electron chi connectivity index (χ4n) is 1.93. The summed E-state index contributed by atoms with van der Waals surface area (Å²) in [6.45, 7) is 3.69. The number of phosphoric acid groups is 1. The van der Waals surface area contributed by atoms with Gasteiger partial charge in [0.15, 0.2) is 0 Å². The van der Waals surface area contributed by atoms with Gasteiger partial charge in [-0.2, -0.15) is 0 Å². The molecule has 2 N–H and O–H groups in total. The molecule has 0 saturated heterocycles. The van der Waals surface area contributed by atoms with E-state index in [0.29, 0.717) is 13.0 Å². The highest BCUT2D eigenvalue weighted by molar-refractivity contribution is 7.46. The zero-order chi connectivity index (χ0) is 16.4. The van der Waals surface area contributed by atoms with Gasteiger partial charge >= 0.3 is 13.8 Å². The fraction of sp³-hybridized carbons (Fsp3) is 0.400. The number of rotatable bonds is 10. The summed E-state index contributed by atoms with van der Waals surface area (Å²) in [5.41, 5.74) is 0.768. The first kappa shape index (κ1) is 18.4. The van der Waals surface area contributed by atoms with E-state index < -0.39 is 13.8 Å². The van der Waals surface area contributed by atoms with Gasteiger partial charge in [-0.3, -0.25) is 9.79 Å². The maximum absolute atomic E-state index is 10.9. The van der Waals surface area contributed by atoms with Crippen molar-refractivity contribution in [2.45, 2.75) is 32.1 Å². The lowest BCUT2D eigenvalue weighted by Gasteiger charge is -2.11. The molecule has 22 heavy (non-hydrogen) atoms. The van der Waals surface area contributed by atoms with Gasteiger partial charge in [0.05, 0.1) is 6.61 Å². The standard InChI is InChI=1S/C15H21O6P/c1-2-15(16)20-12-8-4-3-5-9-13-10-6-7-11-14(13)21-22(17,18)19/h2,6-7,10-11H,1,3-5,8-9,12H2,(H2,17,18,19). The van der Waals surface area contributed by atoms with Crippen LogP contribution in [0.1, 0.15) is 31.2 Å². The molecule has 0 spiro atoms. The molecule has 1 aromatic carbocycles. The van der Waals surface area contributed by atoms with Crippen molar-refractivity contribution in [3.05, 3.63) is 42.5 Å². The third kappa shape index (κ3) is 7.98. The molecule has 0 unspecified atom stereocenters. The van der Waals surface area contributed by atoms with Gasteiger partial charge in [0, 0.05) is 6.08 Å². The number of carbonyl (C=O) groups is 1. The molecule has 0 aliphatic rings. The molecular weight excluding hydrogens is 307 g/mol. The van der Waals surface area contributed by atoms with Gasteiger partial charge in [0.1, 0.15) is 5.75 Å². The van der Waals surface area contributed by atoms with Crippen LogP contribution in [0.3, 0.4) is 0 Å². The first-order valence-corrected chi connectivity index (χ1v) is 8.57. The molecule has 0 aromatic heterocycles. The Morgan fingerprint density at radius 3 is 2.55 bits per heavy atom. The van der Waals surface area contributed by atoms with E-state index >= 15 is 0 Å². The molecule has 0 radical (unpaired) electrons. The van der Waals surface area contributed by atoms with Crippen LogP contribution in [-0.4, -0.2) is 22.4 Å². The smallest absolute Gasteiger partial charge is 0.463 e. The number of hydrogen-bond donors (Lipinski definition) is 2. The predicted molar refractivity (Wildman–Crippen MR) is 82.4 cm³/mol. The van der Waals surface area contributed by atoms with E-state index in [9.17, 15) is 9.36 Å². The van der Waals surface area contributed by atoms with E-state index in [-0.39, 0.29) is 5.75 Å². The van der Waals surface area contributed by atoms with E-state index in [1.807, 2.05) is 0 Å². The molecule has 0 bridgehead atoms. The Balaban J connectivity index is 2.29. The van der Waals surface area contributed by atoms with Gasteiger partial charge in [-0.05, 0) is 30.9 Å². The molecule has 0 aliphatic carbocycles. The van der Waals surface area contributed by atoms with Crippen molar-refractivity contribution >= 4 is 13.8 Å². The van der Waals surface area contributed by atoms with Crippen molar-refractivity contribution in [1.82, 2.24) is 0 Å². The fourth-order valence-corrected chi connectivity index (χ4v) is 2.36. The Kier molecular flexibility index (Phi) is 7.88. The number of unbranched alkanes of at least 4 members (excludes halogenated alkanes) is 3. The molecule has 1 aromatic rings. The molecule has 0 aliphatic heterocycles. The summed E-state index contributed by atoms with van der Waals surface area (Å²) in [5.74, 6) is -0.195. The summed E-state index contributed by atoms with van der Waals surface area (Å²) in [6, 6.07) is 6.80. The summed E-state index contributed by atoms with van der Waals surface area (Å²) in [5, 5.41) is 0. The number of esters is 1. The first-order valence-electron chi connectivity index (χ1n) is 7.04. The number of phosphoric ester groups is 1. The lowest BCUT2D eigenvalue weighted by molar-refractivity contribution is -0.137. The number of ether oxygens (including phenoxy) is 1. The van der Waals surface area contributed by atoms with E-state index in [1.54, 1.807) is 24.3 Å². The highest BCUT2D eigenvalue weighted by Gasteiger charge is 2.17. The van der Waals surface area contributed by atoms with Crippen LogP contribution in [-0.2, 0) is 20.5 Å². The maximum Gasteiger partial charge on any atom is 0.524 e. The molecule has 0 atom stereocenters. The summed E-state index contributed by atoms with van der Waals surface area (Å²) < 4.78 is 20.4. The quantitative estimate of drug-likeness (QED) is 0.297. The van der Waals surface area contributed by atoms with Crippen LogP contribution < -0.4 is 4.52 Å². The SMILES string of the molecule is C=CC(=O)OCCCCCCc1ccccc1OP(=O)(O)O. The topological polar surface area (TPSA) is 93.1 Å². The van der Waals surface area contributed by atoms with Crippen LogP contribution in [0.5, 0.6) is 5.75 Å². The van der Waals surface area contributed by atoms with Crippen LogP contribution in [0.25, 0.3) is 0 Å². The molecule has 122 valence electrons. The number of para-hydroxylation sites is 1. The monoisotopic (exact) mass is 328 g/mol. The molecular formula is C15H21O6P. The third-order valence-corrected chi connectivity index (χ3v) is 3.38. The van der Waals surface area contributed by atoms with Gasteiger partial charge < -0.3 is 9.26 Å². The summed E-state index contributed by atoms with van der Waals surface area (Å²) in [7, 11) is -4.54. The van der Waals surface area contributed by atoms with Crippen LogP contribution >= 0.6 is 7.82 Å². The second kappa shape index (κ2) is 9.41. The Labute approximate surface area is 130 Å². The van der Waals surface area contributed by atoms with Gasteiger partial charge in [0.2, 0.25) is 0 Å². The minimum Gasteiger partial charge on any atom is -0.463 e. The average molecular weight is 328 g/mol. The van der Waals surface area contributed by atoms with Gasteiger partial charge in [-0.25, -0.2) is 9.36 Å². The van der Waals surface area contributed by atoms with Gasteiger partial charge in [-0.1, -0.05) is 37.6 Å². The molecule has 7 heteroatoms. The van der Waals surface area contributed by atoms with E-state index in [4.69, 9.17) is 14.5 Å². The van der Waals surface area contributed by atoms with Crippen molar-refractivity contribution in [2.24, 2.45) is 0 Å². The Hall–Kier alpha value is -1.62. The Bertz CT molecular complexity index is 537. The van der Waals surface area contributed by atoms with Crippen LogP contribution in [0.15, 0.2) is 36.9 Å². The first-order chi connectivity index (χ1) is 10.4. The van der Waals surface area contributed by atoms with Crippen LogP contribution in [0, 0.1) is 0 Å². The van der Waals surface area contributed by atoms with E-state index in [1.165, 1.54) is 0 Å². The Morgan fingerprint density at radius 1 is 1.18 bits per heavy atom. The molecule has 0 saturated carbocycles.